The van der Waals surface area contributed by atoms with Gasteiger partial charge in [0, 0.05) is 42.5 Å². The molecule has 1 unspecified atom stereocenters. The summed E-state index contributed by atoms with van der Waals surface area (Å²) < 4.78 is 0. The van der Waals surface area contributed by atoms with Gasteiger partial charge in [0.25, 0.3) is 5.91 Å². The van der Waals surface area contributed by atoms with Gasteiger partial charge >= 0.3 is 0 Å². The molecular formula is C24H25N3O3. The standard InChI is InChI=1S/C24H25N3O3/c1-15-9-10-25-19(11-15)13-20(28)6-4-17-5-7-21-18(12-17)14-27(24(21)30)22-8-3-16(2)26-23(22)29/h5,7,9-12,22H,2-4,6,8,13-14H2,1H3,(H,26,29). The predicted octanol–water partition coefficient (Wildman–Crippen LogP) is 2.88. The lowest BCUT2D eigenvalue weighted by molar-refractivity contribution is -0.126. The van der Waals surface area contributed by atoms with Gasteiger partial charge in [0.2, 0.25) is 5.91 Å². The highest BCUT2D eigenvalue weighted by atomic mass is 16.2. The Morgan fingerprint density at radius 1 is 1.27 bits per heavy atom. The number of ketones is 1. The zero-order valence-electron chi connectivity index (χ0n) is 17.1. The number of fused-ring (bicyclic) bond motifs is 1. The van der Waals surface area contributed by atoms with E-state index in [-0.39, 0.29) is 17.6 Å². The number of piperidine rings is 1. The van der Waals surface area contributed by atoms with Crippen LogP contribution < -0.4 is 5.32 Å². The molecule has 1 N–H and O–H groups in total. The van der Waals surface area contributed by atoms with Crippen LogP contribution in [0.4, 0.5) is 0 Å². The zero-order valence-corrected chi connectivity index (χ0v) is 17.1. The van der Waals surface area contributed by atoms with Crippen LogP contribution in [-0.4, -0.2) is 33.5 Å². The lowest BCUT2D eigenvalue weighted by atomic mass is 10.0. The second-order valence-corrected chi connectivity index (χ2v) is 8.11. The first-order valence-electron chi connectivity index (χ1n) is 10.3. The minimum Gasteiger partial charge on any atom is -0.329 e. The van der Waals surface area contributed by atoms with Crippen molar-refractivity contribution in [1.82, 2.24) is 15.2 Å². The molecule has 1 saturated heterocycles. The third-order valence-corrected chi connectivity index (χ3v) is 5.74. The van der Waals surface area contributed by atoms with Crippen LogP contribution in [0.15, 0.2) is 48.8 Å². The van der Waals surface area contributed by atoms with E-state index in [1.165, 1.54) is 0 Å². The first kappa shape index (κ1) is 20.0. The van der Waals surface area contributed by atoms with E-state index in [1.54, 1.807) is 11.1 Å². The summed E-state index contributed by atoms with van der Waals surface area (Å²) in [5, 5.41) is 2.75. The smallest absolute Gasteiger partial charge is 0.255 e. The van der Waals surface area contributed by atoms with Gasteiger partial charge < -0.3 is 10.2 Å². The molecule has 0 aliphatic carbocycles. The number of pyridine rings is 1. The van der Waals surface area contributed by atoms with Gasteiger partial charge in [-0.2, -0.15) is 0 Å². The molecule has 154 valence electrons. The maximum absolute atomic E-state index is 12.8. The molecule has 1 atom stereocenters. The number of hydrogen-bond donors (Lipinski definition) is 1. The van der Waals surface area contributed by atoms with E-state index >= 15 is 0 Å². The van der Waals surface area contributed by atoms with Crippen LogP contribution in [0, 0.1) is 6.92 Å². The minimum atomic E-state index is -0.456. The Morgan fingerprint density at radius 2 is 2.10 bits per heavy atom. The third-order valence-electron chi connectivity index (χ3n) is 5.74. The van der Waals surface area contributed by atoms with E-state index in [1.807, 2.05) is 37.3 Å². The van der Waals surface area contributed by atoms with Crippen LogP contribution >= 0.6 is 0 Å². The molecule has 6 nitrogen and oxygen atoms in total. The van der Waals surface area contributed by atoms with Crippen LogP contribution in [0.1, 0.15) is 52.0 Å². The fourth-order valence-corrected chi connectivity index (χ4v) is 4.13. The number of carbonyl (C=O) groups excluding carboxylic acids is 3. The molecule has 0 spiro atoms. The van der Waals surface area contributed by atoms with E-state index < -0.39 is 6.04 Å². The van der Waals surface area contributed by atoms with Crippen LogP contribution in [0.5, 0.6) is 0 Å². The van der Waals surface area contributed by atoms with E-state index in [4.69, 9.17) is 0 Å². The summed E-state index contributed by atoms with van der Waals surface area (Å²) in [5.74, 6) is -0.126. The SMILES string of the molecule is C=C1CCC(N2Cc3cc(CCC(=O)Cc4cc(C)ccn4)ccc3C2=O)C(=O)N1. The van der Waals surface area contributed by atoms with Crippen molar-refractivity contribution >= 4 is 17.6 Å². The number of carbonyl (C=O) groups is 3. The molecule has 0 saturated carbocycles. The molecule has 1 aromatic heterocycles. The zero-order chi connectivity index (χ0) is 21.3. The number of nitrogens with zero attached hydrogens (tertiary/aromatic N) is 2. The summed E-state index contributed by atoms with van der Waals surface area (Å²) in [5.41, 5.74) is 5.18. The lowest BCUT2D eigenvalue weighted by Crippen LogP contribution is -2.49. The van der Waals surface area contributed by atoms with E-state index in [9.17, 15) is 14.4 Å². The Bertz CT molecular complexity index is 1040. The second-order valence-electron chi connectivity index (χ2n) is 8.11. The molecule has 30 heavy (non-hydrogen) atoms. The van der Waals surface area contributed by atoms with E-state index in [0.717, 1.165) is 22.4 Å². The van der Waals surface area contributed by atoms with Crippen LogP contribution in [-0.2, 0) is 29.0 Å². The summed E-state index contributed by atoms with van der Waals surface area (Å²) in [6.45, 7) is 6.20. The third kappa shape index (κ3) is 4.17. The highest BCUT2D eigenvalue weighted by Crippen LogP contribution is 2.29. The number of allylic oxidation sites excluding steroid dienone is 1. The average Bonchev–Trinajstić information content (AvgIpc) is 3.02. The van der Waals surface area contributed by atoms with Crippen molar-refractivity contribution in [3.05, 3.63) is 76.8 Å². The number of Topliss-reactive ketones (excluding diaryl/α,β-unsaturated/α-hetero) is 1. The fourth-order valence-electron chi connectivity index (χ4n) is 4.13. The van der Waals surface area contributed by atoms with Gasteiger partial charge in [0.15, 0.2) is 0 Å². The predicted molar refractivity (Wildman–Crippen MR) is 113 cm³/mol. The molecule has 2 aliphatic rings. The number of nitrogens with one attached hydrogen (secondary N) is 1. The molecule has 2 aliphatic heterocycles. The highest BCUT2D eigenvalue weighted by Gasteiger charge is 2.38. The molecule has 1 fully saturated rings. The lowest BCUT2D eigenvalue weighted by Gasteiger charge is -2.30. The number of hydrogen-bond acceptors (Lipinski definition) is 4. The molecule has 3 heterocycles. The van der Waals surface area contributed by atoms with Gasteiger partial charge in [-0.3, -0.25) is 19.4 Å². The Balaban J connectivity index is 1.38. The number of aromatic nitrogens is 1. The van der Waals surface area contributed by atoms with Gasteiger partial charge in [0.1, 0.15) is 11.8 Å². The Hall–Kier alpha value is -3.28. The summed E-state index contributed by atoms with van der Waals surface area (Å²) >= 11 is 0. The van der Waals surface area contributed by atoms with Crippen molar-refractivity contribution in [2.45, 2.75) is 51.6 Å². The maximum atomic E-state index is 12.8. The summed E-state index contributed by atoms with van der Waals surface area (Å²) in [4.78, 5) is 43.3. The number of amides is 2. The Labute approximate surface area is 176 Å². The molecular weight excluding hydrogens is 378 g/mol. The van der Waals surface area contributed by atoms with Crippen molar-refractivity contribution in [3.8, 4) is 0 Å². The first-order chi connectivity index (χ1) is 14.4. The minimum absolute atomic E-state index is 0.106. The maximum Gasteiger partial charge on any atom is 0.255 e. The second kappa shape index (κ2) is 8.22. The molecule has 2 amide bonds. The topological polar surface area (TPSA) is 79.4 Å². The van der Waals surface area contributed by atoms with Gasteiger partial charge in [0.05, 0.1) is 0 Å². The van der Waals surface area contributed by atoms with Crippen molar-refractivity contribution in [3.63, 3.8) is 0 Å². The van der Waals surface area contributed by atoms with Gasteiger partial charge in [-0.15, -0.1) is 0 Å². The molecule has 6 heteroatoms. The number of rotatable bonds is 6. The molecule has 4 rings (SSSR count). The van der Waals surface area contributed by atoms with Crippen molar-refractivity contribution in [2.75, 3.05) is 0 Å². The van der Waals surface area contributed by atoms with Crippen molar-refractivity contribution < 1.29 is 14.4 Å². The first-order valence-corrected chi connectivity index (χ1v) is 10.3. The average molecular weight is 403 g/mol. The molecule has 0 bridgehead atoms. The summed E-state index contributed by atoms with van der Waals surface area (Å²) in [7, 11) is 0. The Morgan fingerprint density at radius 3 is 2.87 bits per heavy atom. The number of benzene rings is 1. The highest BCUT2D eigenvalue weighted by molar-refractivity contribution is 6.01. The van der Waals surface area contributed by atoms with Gasteiger partial charge in [-0.25, -0.2) is 0 Å². The molecule has 0 radical (unpaired) electrons. The normalized spacial score (nSPS) is 18.4. The van der Waals surface area contributed by atoms with Crippen molar-refractivity contribution in [2.24, 2.45) is 0 Å². The van der Waals surface area contributed by atoms with Crippen LogP contribution in [0.3, 0.4) is 0 Å². The molecule has 2 aromatic rings. The van der Waals surface area contributed by atoms with Gasteiger partial charge in [-0.1, -0.05) is 18.7 Å². The number of aryl methyl sites for hydroxylation is 2. The quantitative estimate of drug-likeness (QED) is 0.804. The summed E-state index contributed by atoms with van der Waals surface area (Å²) in [6, 6.07) is 9.11. The Kier molecular flexibility index (Phi) is 5.48. The fraction of sp³-hybridized carbons (Fsp3) is 0.333. The largest absolute Gasteiger partial charge is 0.329 e. The van der Waals surface area contributed by atoms with E-state index in [2.05, 4.69) is 16.9 Å². The van der Waals surface area contributed by atoms with Crippen LogP contribution in [0.25, 0.3) is 0 Å². The van der Waals surface area contributed by atoms with Gasteiger partial charge in [-0.05, 0) is 61.1 Å². The summed E-state index contributed by atoms with van der Waals surface area (Å²) in [6.07, 6.45) is 4.39. The van der Waals surface area contributed by atoms with Crippen molar-refractivity contribution in [1.29, 1.82) is 0 Å². The van der Waals surface area contributed by atoms with E-state index in [0.29, 0.717) is 49.9 Å². The molecule has 1 aromatic carbocycles. The monoisotopic (exact) mass is 403 g/mol. The van der Waals surface area contributed by atoms with Crippen LogP contribution in [0.2, 0.25) is 0 Å².